The Morgan fingerprint density at radius 1 is 0.479 bits per heavy atom. The van der Waals surface area contributed by atoms with Crippen LogP contribution < -0.4 is 32.8 Å². The molecular formula is C58H69ClN8O4. The molecule has 8 aromatic rings. The predicted molar refractivity (Wildman–Crippen MR) is 285 cm³/mol. The molecule has 9 rings (SSSR count). The van der Waals surface area contributed by atoms with Crippen LogP contribution in [-0.4, -0.2) is 59.2 Å². The van der Waals surface area contributed by atoms with Gasteiger partial charge < -0.3 is 36.7 Å². The Morgan fingerprint density at radius 2 is 0.915 bits per heavy atom. The molecule has 0 saturated heterocycles. The van der Waals surface area contributed by atoms with Crippen molar-refractivity contribution < 1.29 is 36.7 Å². The lowest BCUT2D eigenvalue weighted by molar-refractivity contribution is -0.482. The van der Waals surface area contributed by atoms with Gasteiger partial charge in [-0.2, -0.15) is 4.98 Å². The van der Waals surface area contributed by atoms with Crippen LogP contribution in [0.1, 0.15) is 77.6 Å². The number of aryl methyl sites for hydroxylation is 4. The quantitative estimate of drug-likeness (QED) is 0.0631. The molecule has 0 saturated carbocycles. The largest absolute Gasteiger partial charge is 1.00 e. The fourth-order valence-electron chi connectivity index (χ4n) is 8.10. The molecule has 0 aliphatic carbocycles. The molecule has 0 fully saturated rings. The zero-order chi connectivity index (χ0) is 49.2. The van der Waals surface area contributed by atoms with E-state index in [0.29, 0.717) is 26.4 Å². The molecule has 1 aliphatic rings. The van der Waals surface area contributed by atoms with Gasteiger partial charge in [0.1, 0.15) is 5.69 Å². The number of anilines is 6. The first-order chi connectivity index (χ1) is 34.3. The average Bonchev–Trinajstić information content (AvgIpc) is 3.71. The first-order valence-electron chi connectivity index (χ1n) is 24.9. The maximum Gasteiger partial charge on any atom is 0.273 e. The molecule has 6 aromatic carbocycles. The van der Waals surface area contributed by atoms with Gasteiger partial charge in [0.2, 0.25) is 12.2 Å². The van der Waals surface area contributed by atoms with E-state index in [1.165, 1.54) is 22.3 Å². The molecule has 0 atom stereocenters. The Bertz CT molecular complexity index is 2720. The molecule has 1 aliphatic heterocycles. The summed E-state index contributed by atoms with van der Waals surface area (Å²) >= 11 is 0. The summed E-state index contributed by atoms with van der Waals surface area (Å²) in [5.74, 6) is 3.25. The molecule has 0 amide bonds. The predicted octanol–water partition coefficient (Wildman–Crippen LogP) is 9.77. The van der Waals surface area contributed by atoms with E-state index < -0.39 is 6.48 Å². The number of aromatic nitrogens is 4. The van der Waals surface area contributed by atoms with E-state index >= 15 is 0 Å². The second-order valence-electron chi connectivity index (χ2n) is 16.5. The normalized spacial score (nSPS) is 12.0. The van der Waals surface area contributed by atoms with Crippen molar-refractivity contribution in [1.82, 2.24) is 19.9 Å². The molecule has 12 nitrogen and oxygen atoms in total. The maximum atomic E-state index is 6.36. The molecule has 0 radical (unpaired) electrons. The second kappa shape index (κ2) is 27.2. The minimum absolute atomic E-state index is 0. The van der Waals surface area contributed by atoms with Gasteiger partial charge in [-0.3, -0.25) is 15.1 Å². The smallest absolute Gasteiger partial charge is 0.273 e. The van der Waals surface area contributed by atoms with Gasteiger partial charge in [-0.05, 0) is 142 Å². The third-order valence-corrected chi connectivity index (χ3v) is 11.7. The number of hydrogen-bond donors (Lipinski definition) is 2. The molecule has 2 aromatic heterocycles. The van der Waals surface area contributed by atoms with Gasteiger partial charge in [0.05, 0.1) is 22.1 Å². The van der Waals surface area contributed by atoms with E-state index in [2.05, 4.69) is 145 Å². The molecule has 372 valence electrons. The summed E-state index contributed by atoms with van der Waals surface area (Å²) in [4.78, 5) is 24.2. The SMILES string of the molecule is CCOC(OCC)OCC.CCOC1N(c2cccc(CC)c2)c2nc3ccccc3nc2N1c1cccc(CC)c1.CCc1cccc(Nc2nc3ccccc3nc2[NH2+]c2cccc(CC)c2)c1.[Cl-]. The van der Waals surface area contributed by atoms with Crippen LogP contribution in [0.25, 0.3) is 22.1 Å². The van der Waals surface area contributed by atoms with Crippen LogP contribution in [0.4, 0.5) is 46.0 Å². The minimum atomic E-state index is -0.472. The van der Waals surface area contributed by atoms with Gasteiger partial charge in [0.15, 0.2) is 11.6 Å². The van der Waals surface area contributed by atoms with E-state index in [-0.39, 0.29) is 18.8 Å². The number of hydrogen-bond acceptors (Lipinski definition) is 11. The number of nitrogens with two attached hydrogens (primary N) is 1. The number of ether oxygens (including phenoxy) is 4. The number of fused-ring (bicyclic) bond motifs is 3. The van der Waals surface area contributed by atoms with E-state index in [9.17, 15) is 0 Å². The lowest BCUT2D eigenvalue weighted by atomic mass is 10.1. The number of para-hydroxylation sites is 4. The Morgan fingerprint density at radius 3 is 1.39 bits per heavy atom. The Hall–Kier alpha value is -6.51. The van der Waals surface area contributed by atoms with E-state index in [4.69, 9.17) is 38.9 Å². The number of nitrogens with one attached hydrogen (secondary N) is 1. The summed E-state index contributed by atoms with van der Waals surface area (Å²) in [5, 5.41) is 5.59. The molecule has 0 unspecified atom stereocenters. The molecule has 0 bridgehead atoms. The monoisotopic (exact) mass is 977 g/mol. The van der Waals surface area contributed by atoms with Crippen molar-refractivity contribution in [2.24, 2.45) is 0 Å². The van der Waals surface area contributed by atoms with Gasteiger partial charge in [-0.15, -0.1) is 0 Å². The maximum absolute atomic E-state index is 6.36. The number of nitrogens with zero attached hydrogens (tertiary/aromatic N) is 6. The first kappa shape index (κ1) is 53.8. The van der Waals surface area contributed by atoms with E-state index in [1.54, 1.807) is 0 Å². The van der Waals surface area contributed by atoms with Crippen LogP contribution in [0.2, 0.25) is 0 Å². The summed E-state index contributed by atoms with van der Waals surface area (Å²) in [5.41, 5.74) is 13.0. The highest BCUT2D eigenvalue weighted by Gasteiger charge is 2.41. The minimum Gasteiger partial charge on any atom is -1.00 e. The number of halogens is 1. The van der Waals surface area contributed by atoms with Crippen LogP contribution in [0.3, 0.4) is 0 Å². The average molecular weight is 978 g/mol. The Labute approximate surface area is 426 Å². The van der Waals surface area contributed by atoms with Crippen molar-refractivity contribution in [3.8, 4) is 0 Å². The fourth-order valence-corrected chi connectivity index (χ4v) is 8.10. The van der Waals surface area contributed by atoms with Gasteiger partial charge in [0, 0.05) is 49.6 Å². The number of benzene rings is 6. The van der Waals surface area contributed by atoms with Crippen molar-refractivity contribution in [2.75, 3.05) is 41.5 Å². The molecule has 71 heavy (non-hydrogen) atoms. The van der Waals surface area contributed by atoms with Crippen molar-refractivity contribution in [3.63, 3.8) is 0 Å². The van der Waals surface area contributed by atoms with Crippen LogP contribution in [0.15, 0.2) is 146 Å². The van der Waals surface area contributed by atoms with E-state index in [1.807, 2.05) is 76.2 Å². The topological polar surface area (TPSA) is 124 Å². The molecule has 0 spiro atoms. The van der Waals surface area contributed by atoms with Crippen LogP contribution >= 0.6 is 0 Å². The third kappa shape index (κ3) is 13.9. The number of quaternary nitrogens is 1. The Kier molecular flexibility index (Phi) is 20.6. The van der Waals surface area contributed by atoms with Crippen molar-refractivity contribution in [3.05, 3.63) is 168 Å². The lowest BCUT2D eigenvalue weighted by Crippen LogP contribution is -3.00. The van der Waals surface area contributed by atoms with Gasteiger partial charge in [-0.25, -0.2) is 15.0 Å². The number of rotatable bonds is 18. The van der Waals surface area contributed by atoms with Gasteiger partial charge in [0.25, 0.3) is 12.3 Å². The van der Waals surface area contributed by atoms with Crippen LogP contribution in [-0.2, 0) is 44.6 Å². The Balaban J connectivity index is 0.000000195. The highest BCUT2D eigenvalue weighted by atomic mass is 35.5. The molecule has 13 heteroatoms. The standard InChI is InChI=1S/C27H28N4O.C24H24N4.C7H16O3.ClH/c1-4-19-11-9-13-21(17-19)30-25-26(29-24-16-8-7-15-23(24)28-25)31(27(30)32-6-3)22-14-10-12-20(5-2)18-22;1-3-17-9-7-11-19(15-17)25-23-24(26-20-12-8-10-18(4-2)16-20)28-22-14-6-5-13-21(22)27-23;1-4-8-7(9-5-2)10-6-3;/h7-18,27H,4-6H2,1-3H3;5-16H,3-4H2,1-2H3,(H,25,27)(H,26,28);7H,4-6H2,1-3H3;1H. The van der Waals surface area contributed by atoms with Crippen LogP contribution in [0.5, 0.6) is 0 Å². The highest BCUT2D eigenvalue weighted by molar-refractivity contribution is 5.89. The summed E-state index contributed by atoms with van der Waals surface area (Å²) in [6.45, 7) is 18.4. The fraction of sp³-hybridized carbons (Fsp3) is 0.310. The summed E-state index contributed by atoms with van der Waals surface area (Å²) in [6.07, 6.45) is 3.59. The lowest BCUT2D eigenvalue weighted by Gasteiger charge is -2.31. The summed E-state index contributed by atoms with van der Waals surface area (Å²) in [7, 11) is 0. The second-order valence-corrected chi connectivity index (χ2v) is 16.5. The third-order valence-electron chi connectivity index (χ3n) is 11.7. The van der Waals surface area contributed by atoms with Crippen molar-refractivity contribution in [2.45, 2.75) is 93.9 Å². The summed E-state index contributed by atoms with van der Waals surface area (Å²) < 4.78 is 21.6. The van der Waals surface area contributed by atoms with E-state index in [0.717, 1.165) is 93.8 Å². The zero-order valence-corrected chi connectivity index (χ0v) is 43.2. The summed E-state index contributed by atoms with van der Waals surface area (Å²) in [6, 6.07) is 50.2. The molecule has 3 N–H and O–H groups in total. The van der Waals surface area contributed by atoms with Crippen molar-refractivity contribution in [1.29, 1.82) is 0 Å². The zero-order valence-electron chi connectivity index (χ0n) is 42.4. The van der Waals surface area contributed by atoms with Crippen LogP contribution in [0, 0.1) is 0 Å². The highest BCUT2D eigenvalue weighted by Crippen LogP contribution is 2.47. The van der Waals surface area contributed by atoms with Crippen molar-refractivity contribution >= 4 is 68.1 Å². The van der Waals surface area contributed by atoms with Gasteiger partial charge >= 0.3 is 0 Å². The van der Waals surface area contributed by atoms with Gasteiger partial charge in [-0.1, -0.05) is 100 Å². The first-order valence-corrected chi connectivity index (χ1v) is 24.9. The molecular weight excluding hydrogens is 908 g/mol. The molecule has 3 heterocycles.